The van der Waals surface area contributed by atoms with Crippen molar-refractivity contribution in [2.75, 3.05) is 0 Å². The van der Waals surface area contributed by atoms with E-state index >= 15 is 0 Å². The van der Waals surface area contributed by atoms with Crippen LogP contribution in [0.4, 0.5) is 4.39 Å². The van der Waals surface area contributed by atoms with E-state index in [0.29, 0.717) is 0 Å². The molecular weight excluding hydrogens is 323 g/mol. The summed E-state index contributed by atoms with van der Waals surface area (Å²) in [5.74, 6) is -2.42. The Kier molecular flexibility index (Phi) is 5.76. The maximum Gasteiger partial charge on any atom is 0.329 e. The zero-order valence-corrected chi connectivity index (χ0v) is 12.5. The molecule has 23 heavy (non-hydrogen) atoms. The number of halogens is 2. The van der Waals surface area contributed by atoms with Crippen molar-refractivity contribution in [3.8, 4) is 0 Å². The molecule has 6 nitrogen and oxygen atoms in total. The summed E-state index contributed by atoms with van der Waals surface area (Å²) in [4.78, 5) is 27.0. The van der Waals surface area contributed by atoms with Crippen molar-refractivity contribution in [3.05, 3.63) is 64.7 Å². The van der Waals surface area contributed by atoms with Crippen LogP contribution in [0.15, 0.2) is 47.8 Å². The summed E-state index contributed by atoms with van der Waals surface area (Å²) in [6, 6.07) is 7.54. The Balaban J connectivity index is 1.86. The van der Waals surface area contributed by atoms with Gasteiger partial charge in [0, 0.05) is 24.5 Å². The van der Waals surface area contributed by atoms with Crippen LogP contribution in [0.1, 0.15) is 11.1 Å². The van der Waals surface area contributed by atoms with Crippen LogP contribution in [-0.4, -0.2) is 23.0 Å². The Morgan fingerprint density at radius 3 is 2.65 bits per heavy atom. The lowest BCUT2D eigenvalue weighted by molar-refractivity contribution is -0.139. The van der Waals surface area contributed by atoms with Crippen molar-refractivity contribution in [2.45, 2.75) is 6.54 Å². The first-order valence-corrected chi connectivity index (χ1v) is 6.90. The van der Waals surface area contributed by atoms with E-state index in [1.54, 1.807) is 24.5 Å². The summed E-state index contributed by atoms with van der Waals surface area (Å²) < 4.78 is 13.5. The minimum Gasteiger partial charge on any atom is -0.344 e. The topological polar surface area (TPSA) is 83.5 Å². The third kappa shape index (κ3) is 4.86. The quantitative estimate of drug-likeness (QED) is 0.506. The fraction of sp³-hybridized carbons (Fsp3) is 0.0667. The predicted molar refractivity (Wildman–Crippen MR) is 83.2 cm³/mol. The zero-order valence-electron chi connectivity index (χ0n) is 11.8. The molecule has 0 radical (unpaired) electrons. The number of carbonyl (C=O) groups excluding carboxylic acids is 2. The minimum atomic E-state index is -0.970. The maximum atomic E-state index is 13.5. The molecular formula is C15H12ClFN4O2. The van der Waals surface area contributed by atoms with Gasteiger partial charge >= 0.3 is 11.8 Å². The van der Waals surface area contributed by atoms with Gasteiger partial charge in [-0.25, -0.2) is 9.82 Å². The van der Waals surface area contributed by atoms with Crippen molar-refractivity contribution >= 4 is 29.6 Å². The molecule has 8 heteroatoms. The van der Waals surface area contributed by atoms with E-state index in [1.807, 2.05) is 5.43 Å². The lowest BCUT2D eigenvalue weighted by Gasteiger charge is -2.04. The highest BCUT2D eigenvalue weighted by Crippen LogP contribution is 2.16. The predicted octanol–water partition coefficient (Wildman–Crippen LogP) is 1.64. The van der Waals surface area contributed by atoms with Crippen LogP contribution in [0.2, 0.25) is 5.02 Å². The molecule has 0 saturated heterocycles. The number of benzene rings is 1. The van der Waals surface area contributed by atoms with Crippen LogP contribution in [0.25, 0.3) is 0 Å². The van der Waals surface area contributed by atoms with Gasteiger partial charge in [-0.05, 0) is 29.8 Å². The number of amides is 2. The summed E-state index contributed by atoms with van der Waals surface area (Å²) >= 11 is 5.80. The van der Waals surface area contributed by atoms with Gasteiger partial charge in [-0.2, -0.15) is 5.10 Å². The Bertz CT molecular complexity index is 717. The molecule has 0 unspecified atom stereocenters. The third-order valence-corrected chi connectivity index (χ3v) is 3.10. The fourth-order valence-corrected chi connectivity index (χ4v) is 1.82. The molecule has 1 aromatic carbocycles. The van der Waals surface area contributed by atoms with Gasteiger partial charge in [0.1, 0.15) is 5.82 Å². The lowest BCUT2D eigenvalue weighted by atomic mass is 10.2. The molecule has 1 aromatic heterocycles. The normalized spacial score (nSPS) is 10.5. The Morgan fingerprint density at radius 2 is 1.96 bits per heavy atom. The van der Waals surface area contributed by atoms with Crippen LogP contribution in [0.5, 0.6) is 0 Å². The Morgan fingerprint density at radius 1 is 1.22 bits per heavy atom. The number of hydrazone groups is 1. The van der Waals surface area contributed by atoms with Crippen molar-refractivity contribution < 1.29 is 14.0 Å². The van der Waals surface area contributed by atoms with Crippen LogP contribution in [0.3, 0.4) is 0 Å². The molecule has 0 atom stereocenters. The molecule has 0 fully saturated rings. The molecule has 1 heterocycles. The number of pyridine rings is 1. The Hall–Kier alpha value is -2.80. The first kappa shape index (κ1) is 16.6. The van der Waals surface area contributed by atoms with Gasteiger partial charge in [-0.3, -0.25) is 14.6 Å². The summed E-state index contributed by atoms with van der Waals surface area (Å²) in [5.41, 5.74) is 2.82. The summed E-state index contributed by atoms with van der Waals surface area (Å²) in [5, 5.41) is 6.08. The molecule has 0 aliphatic heterocycles. The average Bonchev–Trinajstić information content (AvgIpc) is 2.56. The number of hydrogen-bond acceptors (Lipinski definition) is 4. The van der Waals surface area contributed by atoms with Crippen molar-refractivity contribution in [3.63, 3.8) is 0 Å². The second kappa shape index (κ2) is 8.00. The highest BCUT2D eigenvalue weighted by molar-refractivity contribution is 6.35. The number of carbonyl (C=O) groups is 2. The maximum absolute atomic E-state index is 13.5. The van der Waals surface area contributed by atoms with Gasteiger partial charge in [0.05, 0.1) is 11.2 Å². The second-order valence-corrected chi connectivity index (χ2v) is 4.78. The molecule has 118 valence electrons. The van der Waals surface area contributed by atoms with E-state index in [1.165, 1.54) is 18.2 Å². The van der Waals surface area contributed by atoms with Gasteiger partial charge < -0.3 is 5.32 Å². The van der Waals surface area contributed by atoms with Gasteiger partial charge in [-0.1, -0.05) is 17.7 Å². The van der Waals surface area contributed by atoms with E-state index in [0.717, 1.165) is 11.8 Å². The smallest absolute Gasteiger partial charge is 0.329 e. The van der Waals surface area contributed by atoms with Gasteiger partial charge in [0.25, 0.3) is 0 Å². The number of rotatable bonds is 4. The molecule has 0 spiro atoms. The number of nitrogens with one attached hydrogen (secondary N) is 2. The number of aromatic nitrogens is 1. The van der Waals surface area contributed by atoms with Crippen LogP contribution >= 0.6 is 11.6 Å². The van der Waals surface area contributed by atoms with Gasteiger partial charge in [0.2, 0.25) is 0 Å². The van der Waals surface area contributed by atoms with Crippen molar-refractivity contribution in [1.29, 1.82) is 0 Å². The summed E-state index contributed by atoms with van der Waals surface area (Å²) in [7, 11) is 0. The third-order valence-electron chi connectivity index (χ3n) is 2.77. The van der Waals surface area contributed by atoms with E-state index < -0.39 is 17.6 Å². The van der Waals surface area contributed by atoms with E-state index in [4.69, 9.17) is 11.6 Å². The largest absolute Gasteiger partial charge is 0.344 e. The molecule has 0 bridgehead atoms. The molecule has 2 amide bonds. The zero-order chi connectivity index (χ0) is 16.7. The standard InChI is InChI=1S/C15H12ClFN4O2/c16-12-2-1-3-13(17)11(12)9-20-21-15(23)14(22)19-8-10-4-6-18-7-5-10/h1-7,9H,8H2,(H,19,22)(H,21,23)/b20-9+. The lowest BCUT2D eigenvalue weighted by Crippen LogP contribution is -2.37. The second-order valence-electron chi connectivity index (χ2n) is 4.37. The molecule has 2 N–H and O–H groups in total. The summed E-state index contributed by atoms with van der Waals surface area (Å²) in [6.45, 7) is 0.178. The molecule has 0 aliphatic carbocycles. The van der Waals surface area contributed by atoms with Crippen molar-refractivity contribution in [1.82, 2.24) is 15.7 Å². The number of hydrogen-bond donors (Lipinski definition) is 2. The molecule has 0 saturated carbocycles. The highest BCUT2D eigenvalue weighted by Gasteiger charge is 2.12. The summed E-state index contributed by atoms with van der Waals surface area (Å²) in [6.07, 6.45) is 4.18. The molecule has 0 aliphatic rings. The fourth-order valence-electron chi connectivity index (χ4n) is 1.60. The monoisotopic (exact) mass is 334 g/mol. The SMILES string of the molecule is O=C(NCc1ccncc1)C(=O)N/N=C/c1c(F)cccc1Cl. The van der Waals surface area contributed by atoms with Crippen LogP contribution in [0, 0.1) is 5.82 Å². The van der Waals surface area contributed by atoms with E-state index in [-0.39, 0.29) is 17.1 Å². The van der Waals surface area contributed by atoms with E-state index in [9.17, 15) is 14.0 Å². The number of nitrogens with zero attached hydrogens (tertiary/aromatic N) is 2. The molecule has 2 rings (SSSR count). The average molecular weight is 335 g/mol. The highest BCUT2D eigenvalue weighted by atomic mass is 35.5. The molecule has 2 aromatic rings. The van der Waals surface area contributed by atoms with Gasteiger partial charge in [-0.15, -0.1) is 0 Å². The van der Waals surface area contributed by atoms with Crippen LogP contribution in [-0.2, 0) is 16.1 Å². The van der Waals surface area contributed by atoms with Gasteiger partial charge in [0.15, 0.2) is 0 Å². The van der Waals surface area contributed by atoms with Crippen molar-refractivity contribution in [2.24, 2.45) is 5.10 Å². The Labute approximate surface area is 136 Å². The van der Waals surface area contributed by atoms with Crippen LogP contribution < -0.4 is 10.7 Å². The first-order valence-electron chi connectivity index (χ1n) is 6.52. The van der Waals surface area contributed by atoms with E-state index in [2.05, 4.69) is 15.4 Å². The minimum absolute atomic E-state index is 0.0201. The first-order chi connectivity index (χ1) is 11.1.